The maximum Gasteiger partial charge on any atom is 0.407 e. The standard InChI is InChI=1S/C17H25NO4/c1-4-21-17(20)18-12-14(10-13(2)3)11-16(19)22-15-8-6-5-7-9-15/h5-9,13-14H,4,10-12H2,1-3H3,(H,18,20). The van der Waals surface area contributed by atoms with Crippen LogP contribution >= 0.6 is 0 Å². The van der Waals surface area contributed by atoms with E-state index >= 15 is 0 Å². The fourth-order valence-corrected chi connectivity index (χ4v) is 2.21. The van der Waals surface area contributed by atoms with Gasteiger partial charge in [-0.05, 0) is 37.3 Å². The molecule has 1 N–H and O–H groups in total. The number of hydrogen-bond acceptors (Lipinski definition) is 4. The molecule has 1 aromatic carbocycles. The number of alkyl carbamates (subject to hydrolysis) is 1. The molecule has 1 atom stereocenters. The molecule has 1 rings (SSSR count). The second kappa shape index (κ2) is 9.82. The van der Waals surface area contributed by atoms with Crippen LogP contribution in [0.4, 0.5) is 4.79 Å². The van der Waals surface area contributed by atoms with Gasteiger partial charge in [0.2, 0.25) is 0 Å². The molecular formula is C17H25NO4. The number of para-hydroxylation sites is 1. The van der Waals surface area contributed by atoms with E-state index in [1.165, 1.54) is 0 Å². The Hall–Kier alpha value is -2.04. The molecule has 0 spiro atoms. The lowest BCUT2D eigenvalue weighted by atomic mass is 9.94. The monoisotopic (exact) mass is 307 g/mol. The SMILES string of the molecule is CCOC(=O)NCC(CC(=O)Oc1ccccc1)CC(C)C. The number of hydrogen-bond donors (Lipinski definition) is 1. The lowest BCUT2D eigenvalue weighted by molar-refractivity contribution is -0.135. The summed E-state index contributed by atoms with van der Waals surface area (Å²) >= 11 is 0. The van der Waals surface area contributed by atoms with Crippen LogP contribution in [-0.4, -0.2) is 25.2 Å². The number of carbonyl (C=O) groups excluding carboxylic acids is 2. The van der Waals surface area contributed by atoms with Crippen LogP contribution in [-0.2, 0) is 9.53 Å². The van der Waals surface area contributed by atoms with Gasteiger partial charge in [-0.1, -0.05) is 32.0 Å². The van der Waals surface area contributed by atoms with Gasteiger partial charge in [-0.25, -0.2) is 4.79 Å². The normalized spacial score (nSPS) is 11.8. The van der Waals surface area contributed by atoms with Crippen LogP contribution in [0.2, 0.25) is 0 Å². The number of esters is 1. The Morgan fingerprint density at radius 2 is 1.86 bits per heavy atom. The quantitative estimate of drug-likeness (QED) is 0.590. The molecule has 0 bridgehead atoms. The zero-order valence-electron chi connectivity index (χ0n) is 13.5. The predicted octanol–water partition coefficient (Wildman–Crippen LogP) is 3.39. The molecule has 0 aliphatic rings. The molecule has 22 heavy (non-hydrogen) atoms. The first-order chi connectivity index (χ1) is 10.5. The Balaban J connectivity index is 2.49. The summed E-state index contributed by atoms with van der Waals surface area (Å²) in [4.78, 5) is 23.4. The molecule has 5 heteroatoms. The number of carbonyl (C=O) groups is 2. The fraction of sp³-hybridized carbons (Fsp3) is 0.529. The zero-order valence-corrected chi connectivity index (χ0v) is 13.5. The highest BCUT2D eigenvalue weighted by Crippen LogP contribution is 2.17. The summed E-state index contributed by atoms with van der Waals surface area (Å²) < 4.78 is 10.1. The Kier molecular flexibility index (Phi) is 8.04. The van der Waals surface area contributed by atoms with Crippen LogP contribution in [0, 0.1) is 11.8 Å². The lowest BCUT2D eigenvalue weighted by Gasteiger charge is -2.18. The molecular weight excluding hydrogens is 282 g/mol. The molecule has 0 fully saturated rings. The second-order valence-electron chi connectivity index (χ2n) is 5.59. The van der Waals surface area contributed by atoms with Crippen molar-refractivity contribution >= 4 is 12.1 Å². The van der Waals surface area contributed by atoms with Crippen molar-refractivity contribution in [2.45, 2.75) is 33.6 Å². The molecule has 0 radical (unpaired) electrons. The third-order valence-electron chi connectivity index (χ3n) is 3.05. The van der Waals surface area contributed by atoms with E-state index in [1.54, 1.807) is 19.1 Å². The Morgan fingerprint density at radius 1 is 1.18 bits per heavy atom. The van der Waals surface area contributed by atoms with Crippen molar-refractivity contribution in [2.75, 3.05) is 13.2 Å². The van der Waals surface area contributed by atoms with Crippen molar-refractivity contribution in [3.63, 3.8) is 0 Å². The van der Waals surface area contributed by atoms with E-state index in [0.717, 1.165) is 6.42 Å². The van der Waals surface area contributed by atoms with E-state index in [-0.39, 0.29) is 18.3 Å². The van der Waals surface area contributed by atoms with Gasteiger partial charge in [0.05, 0.1) is 13.0 Å². The van der Waals surface area contributed by atoms with E-state index in [2.05, 4.69) is 19.2 Å². The van der Waals surface area contributed by atoms with Crippen molar-refractivity contribution in [1.29, 1.82) is 0 Å². The minimum Gasteiger partial charge on any atom is -0.450 e. The summed E-state index contributed by atoms with van der Waals surface area (Å²) in [5, 5.41) is 2.69. The van der Waals surface area contributed by atoms with Crippen molar-refractivity contribution < 1.29 is 19.1 Å². The summed E-state index contributed by atoms with van der Waals surface area (Å²) in [6, 6.07) is 8.98. The zero-order chi connectivity index (χ0) is 16.4. The van der Waals surface area contributed by atoms with E-state index in [0.29, 0.717) is 24.8 Å². The number of nitrogens with one attached hydrogen (secondary N) is 1. The molecule has 1 aromatic rings. The molecule has 5 nitrogen and oxygen atoms in total. The summed E-state index contributed by atoms with van der Waals surface area (Å²) in [6.07, 6.45) is 0.642. The van der Waals surface area contributed by atoms with E-state index in [1.807, 2.05) is 18.2 Å². The highest BCUT2D eigenvalue weighted by Gasteiger charge is 2.18. The van der Waals surface area contributed by atoms with E-state index in [4.69, 9.17) is 9.47 Å². The largest absolute Gasteiger partial charge is 0.450 e. The van der Waals surface area contributed by atoms with Gasteiger partial charge in [0.1, 0.15) is 5.75 Å². The summed E-state index contributed by atoms with van der Waals surface area (Å²) in [5.41, 5.74) is 0. The van der Waals surface area contributed by atoms with Crippen LogP contribution < -0.4 is 10.1 Å². The van der Waals surface area contributed by atoms with Crippen molar-refractivity contribution in [2.24, 2.45) is 11.8 Å². The van der Waals surface area contributed by atoms with Crippen LogP contribution in [0.25, 0.3) is 0 Å². The average Bonchev–Trinajstić information content (AvgIpc) is 2.45. The summed E-state index contributed by atoms with van der Waals surface area (Å²) in [7, 11) is 0. The second-order valence-corrected chi connectivity index (χ2v) is 5.59. The molecule has 0 heterocycles. The topological polar surface area (TPSA) is 64.6 Å². The molecule has 0 saturated carbocycles. The first-order valence-electron chi connectivity index (χ1n) is 7.67. The Bertz CT molecular complexity index is 459. The van der Waals surface area contributed by atoms with Crippen molar-refractivity contribution in [3.8, 4) is 5.75 Å². The number of ether oxygens (including phenoxy) is 2. The molecule has 1 amide bonds. The highest BCUT2D eigenvalue weighted by atomic mass is 16.5. The van der Waals surface area contributed by atoms with Gasteiger partial charge in [0.25, 0.3) is 0 Å². The fourth-order valence-electron chi connectivity index (χ4n) is 2.21. The average molecular weight is 307 g/mol. The minimum absolute atomic E-state index is 0.0284. The minimum atomic E-state index is -0.451. The molecule has 122 valence electrons. The van der Waals surface area contributed by atoms with Crippen LogP contribution in [0.5, 0.6) is 5.75 Å². The van der Waals surface area contributed by atoms with Gasteiger partial charge >= 0.3 is 12.1 Å². The highest BCUT2D eigenvalue weighted by molar-refractivity contribution is 5.73. The molecule has 1 unspecified atom stereocenters. The first kappa shape index (κ1) is 18.0. The van der Waals surface area contributed by atoms with Crippen LogP contribution in [0.1, 0.15) is 33.6 Å². The smallest absolute Gasteiger partial charge is 0.407 e. The summed E-state index contributed by atoms with van der Waals surface area (Å²) in [6.45, 7) is 6.65. The van der Waals surface area contributed by atoms with Gasteiger partial charge in [-0.3, -0.25) is 4.79 Å². The van der Waals surface area contributed by atoms with Crippen molar-refractivity contribution in [3.05, 3.63) is 30.3 Å². The maximum atomic E-state index is 12.0. The molecule has 0 aliphatic carbocycles. The van der Waals surface area contributed by atoms with Gasteiger partial charge in [0, 0.05) is 6.54 Å². The van der Waals surface area contributed by atoms with E-state index in [9.17, 15) is 9.59 Å². The molecule has 0 aromatic heterocycles. The number of benzene rings is 1. The van der Waals surface area contributed by atoms with Crippen LogP contribution in [0.3, 0.4) is 0 Å². The summed E-state index contributed by atoms with van der Waals surface area (Å²) in [5.74, 6) is 0.704. The number of amides is 1. The van der Waals surface area contributed by atoms with Crippen LogP contribution in [0.15, 0.2) is 30.3 Å². The lowest BCUT2D eigenvalue weighted by Crippen LogP contribution is -2.32. The third kappa shape index (κ3) is 7.67. The van der Waals surface area contributed by atoms with Gasteiger partial charge in [0.15, 0.2) is 0 Å². The van der Waals surface area contributed by atoms with Crippen molar-refractivity contribution in [1.82, 2.24) is 5.32 Å². The maximum absolute atomic E-state index is 12.0. The number of rotatable bonds is 8. The predicted molar refractivity (Wildman–Crippen MR) is 84.7 cm³/mol. The van der Waals surface area contributed by atoms with Gasteiger partial charge < -0.3 is 14.8 Å². The van der Waals surface area contributed by atoms with Gasteiger partial charge in [-0.2, -0.15) is 0 Å². The Labute approximate surface area is 132 Å². The molecule has 0 saturated heterocycles. The first-order valence-corrected chi connectivity index (χ1v) is 7.67. The molecule has 0 aliphatic heterocycles. The van der Waals surface area contributed by atoms with Gasteiger partial charge in [-0.15, -0.1) is 0 Å². The van der Waals surface area contributed by atoms with E-state index < -0.39 is 6.09 Å². The Morgan fingerprint density at radius 3 is 2.45 bits per heavy atom. The third-order valence-corrected chi connectivity index (χ3v) is 3.05.